The molecule has 3 aromatic rings. The summed E-state index contributed by atoms with van der Waals surface area (Å²) in [5, 5.41) is 7.36. The van der Waals surface area contributed by atoms with Gasteiger partial charge in [0.25, 0.3) is 0 Å². The Balaban J connectivity index is 2.06. The van der Waals surface area contributed by atoms with Crippen LogP contribution in [0.2, 0.25) is 0 Å². The van der Waals surface area contributed by atoms with Crippen LogP contribution in [-0.2, 0) is 4.74 Å². The maximum absolute atomic E-state index is 12.0. The summed E-state index contributed by atoms with van der Waals surface area (Å²) >= 11 is 0. The Morgan fingerprint density at radius 1 is 1.36 bits per heavy atom. The fourth-order valence-electron chi connectivity index (χ4n) is 2.24. The largest absolute Gasteiger partial charge is 0.462 e. The summed E-state index contributed by atoms with van der Waals surface area (Å²) < 4.78 is 6.69. The number of pyridine rings is 1. The minimum Gasteiger partial charge on any atom is -0.462 e. The Kier molecular flexibility index (Phi) is 3.69. The van der Waals surface area contributed by atoms with Gasteiger partial charge in [0, 0.05) is 24.3 Å². The van der Waals surface area contributed by atoms with Crippen molar-refractivity contribution in [2.24, 2.45) is 0 Å². The zero-order valence-electron chi connectivity index (χ0n) is 12.3. The Bertz CT molecular complexity index is 813. The molecule has 22 heavy (non-hydrogen) atoms. The maximum Gasteiger partial charge on any atom is 0.340 e. The van der Waals surface area contributed by atoms with E-state index in [1.165, 1.54) is 6.33 Å². The second-order valence-electron chi connectivity index (χ2n) is 4.65. The molecule has 0 radical (unpaired) electrons. The van der Waals surface area contributed by atoms with Gasteiger partial charge in [0.15, 0.2) is 5.82 Å². The highest BCUT2D eigenvalue weighted by molar-refractivity contribution is 5.95. The second kappa shape index (κ2) is 5.80. The number of esters is 1. The van der Waals surface area contributed by atoms with Gasteiger partial charge in [0.2, 0.25) is 0 Å². The van der Waals surface area contributed by atoms with Crippen molar-refractivity contribution in [3.05, 3.63) is 48.2 Å². The lowest BCUT2D eigenvalue weighted by Crippen LogP contribution is -2.04. The van der Waals surface area contributed by atoms with Crippen LogP contribution in [0.5, 0.6) is 0 Å². The molecule has 0 aliphatic carbocycles. The predicted octanol–water partition coefficient (Wildman–Crippen LogP) is 2.35. The number of anilines is 2. The van der Waals surface area contributed by atoms with E-state index in [1.54, 1.807) is 30.0 Å². The molecule has 0 spiro atoms. The Labute approximate surface area is 127 Å². The van der Waals surface area contributed by atoms with Crippen molar-refractivity contribution in [1.29, 1.82) is 0 Å². The number of carbonyl (C=O) groups is 1. The van der Waals surface area contributed by atoms with Crippen molar-refractivity contribution in [1.82, 2.24) is 19.6 Å². The van der Waals surface area contributed by atoms with Crippen LogP contribution in [0.15, 0.2) is 37.1 Å². The molecule has 0 aliphatic rings. The summed E-state index contributed by atoms with van der Waals surface area (Å²) in [6.07, 6.45) is 6.47. The third-order valence-corrected chi connectivity index (χ3v) is 3.27. The van der Waals surface area contributed by atoms with Crippen LogP contribution in [0.1, 0.15) is 22.8 Å². The molecule has 3 aromatic heterocycles. The number of ether oxygens (including phenoxy) is 1. The molecule has 0 saturated heterocycles. The van der Waals surface area contributed by atoms with Gasteiger partial charge in [-0.2, -0.15) is 5.10 Å². The molecule has 0 aliphatic heterocycles. The highest BCUT2D eigenvalue weighted by Gasteiger charge is 2.18. The van der Waals surface area contributed by atoms with Crippen molar-refractivity contribution in [2.75, 3.05) is 11.9 Å². The van der Waals surface area contributed by atoms with Crippen molar-refractivity contribution >= 4 is 23.0 Å². The number of nitrogens with one attached hydrogen (secondary N) is 1. The zero-order chi connectivity index (χ0) is 15.5. The summed E-state index contributed by atoms with van der Waals surface area (Å²) in [5.41, 5.74) is 2.85. The van der Waals surface area contributed by atoms with E-state index in [0.29, 0.717) is 18.0 Å². The van der Waals surface area contributed by atoms with Crippen molar-refractivity contribution < 1.29 is 9.53 Å². The lowest BCUT2D eigenvalue weighted by molar-refractivity contribution is 0.0525. The van der Waals surface area contributed by atoms with Crippen molar-refractivity contribution in [3.63, 3.8) is 0 Å². The van der Waals surface area contributed by atoms with Gasteiger partial charge in [-0.3, -0.25) is 4.98 Å². The summed E-state index contributed by atoms with van der Waals surface area (Å²) in [5.74, 6) is 0.259. The van der Waals surface area contributed by atoms with Crippen LogP contribution >= 0.6 is 0 Å². The van der Waals surface area contributed by atoms with Crippen molar-refractivity contribution in [3.8, 4) is 0 Å². The summed E-state index contributed by atoms with van der Waals surface area (Å²) in [6, 6.07) is 3.67. The van der Waals surface area contributed by atoms with E-state index >= 15 is 0 Å². The van der Waals surface area contributed by atoms with Gasteiger partial charge < -0.3 is 10.1 Å². The minimum atomic E-state index is -0.361. The van der Waals surface area contributed by atoms with Gasteiger partial charge in [0.05, 0.1) is 12.2 Å². The number of aryl methyl sites for hydroxylation is 1. The number of aromatic nitrogens is 4. The summed E-state index contributed by atoms with van der Waals surface area (Å²) in [7, 11) is 0. The lowest BCUT2D eigenvalue weighted by atomic mass is 10.2. The molecule has 3 rings (SSSR count). The molecule has 0 bridgehead atoms. The maximum atomic E-state index is 12.0. The van der Waals surface area contributed by atoms with Crippen LogP contribution in [0.3, 0.4) is 0 Å². The average Bonchev–Trinajstić information content (AvgIpc) is 2.87. The predicted molar refractivity (Wildman–Crippen MR) is 81.2 cm³/mol. The highest BCUT2D eigenvalue weighted by atomic mass is 16.5. The number of nitrogens with zero attached hydrogens (tertiary/aromatic N) is 4. The molecule has 1 N–H and O–H groups in total. The van der Waals surface area contributed by atoms with Gasteiger partial charge >= 0.3 is 5.97 Å². The standard InChI is InChI=1S/C15H15N5O2/c1-3-22-15(21)12-8-20-13(10(12)2)14(17-9-18-20)19-11-4-6-16-7-5-11/h4-9H,3H2,1-2H3,(H,16,17,18,19). The molecule has 7 heteroatoms. The molecule has 0 atom stereocenters. The van der Waals surface area contributed by atoms with Crippen molar-refractivity contribution in [2.45, 2.75) is 13.8 Å². The van der Waals surface area contributed by atoms with E-state index in [2.05, 4.69) is 20.4 Å². The molecule has 0 fully saturated rings. The molecular formula is C15H15N5O2. The number of rotatable bonds is 4. The molecule has 3 heterocycles. The summed E-state index contributed by atoms with van der Waals surface area (Å²) in [6.45, 7) is 3.96. The fraction of sp³-hybridized carbons (Fsp3) is 0.200. The number of hydrogen-bond acceptors (Lipinski definition) is 6. The molecule has 0 saturated carbocycles. The Hall–Kier alpha value is -2.96. The smallest absolute Gasteiger partial charge is 0.340 e. The van der Waals surface area contributed by atoms with E-state index < -0.39 is 0 Å². The van der Waals surface area contributed by atoms with Gasteiger partial charge in [-0.1, -0.05) is 0 Å². The first-order valence-electron chi connectivity index (χ1n) is 6.87. The first kappa shape index (κ1) is 14.0. The van der Waals surface area contributed by atoms with Crippen LogP contribution in [0.4, 0.5) is 11.5 Å². The lowest BCUT2D eigenvalue weighted by Gasteiger charge is -2.07. The van der Waals surface area contributed by atoms with Gasteiger partial charge in [-0.15, -0.1) is 0 Å². The zero-order valence-corrected chi connectivity index (χ0v) is 12.3. The third-order valence-electron chi connectivity index (χ3n) is 3.27. The molecule has 112 valence electrons. The average molecular weight is 297 g/mol. The van der Waals surface area contributed by atoms with Gasteiger partial charge in [-0.05, 0) is 31.5 Å². The fourth-order valence-corrected chi connectivity index (χ4v) is 2.24. The first-order chi connectivity index (χ1) is 10.7. The first-order valence-corrected chi connectivity index (χ1v) is 6.87. The highest BCUT2D eigenvalue weighted by Crippen LogP contribution is 2.25. The molecular weight excluding hydrogens is 282 g/mol. The normalized spacial score (nSPS) is 10.6. The van der Waals surface area contributed by atoms with Gasteiger partial charge in [-0.25, -0.2) is 14.3 Å². The Morgan fingerprint density at radius 2 is 2.14 bits per heavy atom. The molecule has 7 nitrogen and oxygen atoms in total. The van der Waals surface area contributed by atoms with E-state index in [4.69, 9.17) is 4.74 Å². The summed E-state index contributed by atoms with van der Waals surface area (Å²) in [4.78, 5) is 20.2. The van der Waals surface area contributed by atoms with E-state index in [9.17, 15) is 4.79 Å². The molecule has 0 amide bonds. The van der Waals surface area contributed by atoms with Crippen LogP contribution < -0.4 is 5.32 Å². The van der Waals surface area contributed by atoms with Crippen LogP contribution in [0.25, 0.3) is 5.52 Å². The molecule has 0 unspecified atom stereocenters. The number of carbonyl (C=O) groups excluding carboxylic acids is 1. The third kappa shape index (κ3) is 2.48. The van der Waals surface area contributed by atoms with E-state index in [1.807, 2.05) is 19.1 Å². The number of fused-ring (bicyclic) bond motifs is 1. The second-order valence-corrected chi connectivity index (χ2v) is 4.65. The monoisotopic (exact) mass is 297 g/mol. The van der Waals surface area contributed by atoms with Gasteiger partial charge in [0.1, 0.15) is 11.8 Å². The Morgan fingerprint density at radius 3 is 2.86 bits per heavy atom. The quantitative estimate of drug-likeness (QED) is 0.744. The number of hydrogen-bond donors (Lipinski definition) is 1. The SMILES string of the molecule is CCOC(=O)c1cn2ncnc(Nc3ccncc3)c2c1C. The minimum absolute atomic E-state index is 0.332. The topological polar surface area (TPSA) is 81.4 Å². The van der Waals surface area contributed by atoms with Crippen LogP contribution in [-0.4, -0.2) is 32.2 Å². The molecule has 0 aromatic carbocycles. The van der Waals surface area contributed by atoms with E-state index in [-0.39, 0.29) is 5.97 Å². The van der Waals surface area contributed by atoms with E-state index in [0.717, 1.165) is 16.8 Å². The van der Waals surface area contributed by atoms with Crippen LogP contribution in [0, 0.1) is 6.92 Å².